The first-order valence-electron chi connectivity index (χ1n) is 5.10. The summed E-state index contributed by atoms with van der Waals surface area (Å²) in [5.74, 6) is -0.474. The van der Waals surface area contributed by atoms with E-state index in [0.29, 0.717) is 17.7 Å². The second-order valence-electron chi connectivity index (χ2n) is 3.78. The van der Waals surface area contributed by atoms with Gasteiger partial charge in [0.15, 0.2) is 0 Å². The first kappa shape index (κ1) is 13.8. The molecule has 17 heavy (non-hydrogen) atoms. The fourth-order valence-corrected chi connectivity index (χ4v) is 1.64. The molecule has 2 nitrogen and oxygen atoms in total. The van der Waals surface area contributed by atoms with Gasteiger partial charge in [-0.15, -0.1) is 0 Å². The van der Waals surface area contributed by atoms with Crippen LogP contribution in [0.4, 0.5) is 23.2 Å². The summed E-state index contributed by atoms with van der Waals surface area (Å²) in [5, 5.41) is 0. The zero-order chi connectivity index (χ0) is 13.1. The lowest BCUT2D eigenvalue weighted by atomic mass is 10.1. The summed E-state index contributed by atoms with van der Waals surface area (Å²) in [7, 11) is 1.32. The molecule has 1 aromatic rings. The normalized spacial score (nSPS) is 11.6. The van der Waals surface area contributed by atoms with Crippen LogP contribution < -0.4 is 10.6 Å². The summed E-state index contributed by atoms with van der Waals surface area (Å²) < 4.78 is 49.7. The molecule has 0 fully saturated rings. The molecule has 0 amide bonds. The van der Waals surface area contributed by atoms with Gasteiger partial charge in [-0.05, 0) is 36.7 Å². The maximum atomic E-state index is 13.0. The van der Waals surface area contributed by atoms with E-state index in [2.05, 4.69) is 0 Å². The van der Waals surface area contributed by atoms with Crippen LogP contribution in [0.1, 0.15) is 5.56 Å². The Labute approximate surface area is 97.0 Å². The molecule has 0 bridgehead atoms. The van der Waals surface area contributed by atoms with Crippen LogP contribution in [-0.2, 0) is 6.42 Å². The largest absolute Gasteiger partial charge is 0.405 e. The topological polar surface area (TPSA) is 29.3 Å². The van der Waals surface area contributed by atoms with Crippen LogP contribution in [0.25, 0.3) is 0 Å². The number of halogens is 4. The smallest absolute Gasteiger partial charge is 0.365 e. The van der Waals surface area contributed by atoms with Gasteiger partial charge in [-0.25, -0.2) is 4.39 Å². The van der Waals surface area contributed by atoms with Crippen LogP contribution in [0.5, 0.6) is 0 Å². The minimum atomic E-state index is -4.29. The van der Waals surface area contributed by atoms with Crippen LogP contribution in [0, 0.1) is 5.82 Å². The van der Waals surface area contributed by atoms with Crippen LogP contribution in [0.2, 0.25) is 0 Å². The standard InChI is InChI=1S/C11H14F4N2/c1-17(7-11(13,14)15)10-3-2-9(12)6-8(10)4-5-16/h2-3,6H,4-5,7,16H2,1H3. The van der Waals surface area contributed by atoms with Crippen LogP contribution in [0.15, 0.2) is 18.2 Å². The minimum absolute atomic E-state index is 0.260. The molecule has 0 unspecified atom stereocenters. The van der Waals surface area contributed by atoms with Crippen LogP contribution in [0.3, 0.4) is 0 Å². The quantitative estimate of drug-likeness (QED) is 0.831. The Bertz CT molecular complexity index is 376. The SMILES string of the molecule is CN(CC(F)(F)F)c1ccc(F)cc1CCN. The number of rotatable bonds is 4. The van der Waals surface area contributed by atoms with Gasteiger partial charge in [0.25, 0.3) is 0 Å². The van der Waals surface area contributed by atoms with Gasteiger partial charge in [-0.1, -0.05) is 0 Å². The monoisotopic (exact) mass is 250 g/mol. The molecule has 0 aliphatic carbocycles. The first-order valence-corrected chi connectivity index (χ1v) is 5.10. The van der Waals surface area contributed by atoms with Crippen molar-refractivity contribution in [3.8, 4) is 0 Å². The maximum absolute atomic E-state index is 13.0. The van der Waals surface area contributed by atoms with E-state index in [1.807, 2.05) is 0 Å². The van der Waals surface area contributed by atoms with E-state index in [4.69, 9.17) is 5.73 Å². The molecule has 0 aliphatic heterocycles. The fraction of sp³-hybridized carbons (Fsp3) is 0.455. The Morgan fingerprint density at radius 3 is 2.47 bits per heavy atom. The van der Waals surface area contributed by atoms with Crippen molar-refractivity contribution in [3.63, 3.8) is 0 Å². The van der Waals surface area contributed by atoms with Crippen LogP contribution >= 0.6 is 0 Å². The van der Waals surface area contributed by atoms with E-state index in [1.54, 1.807) is 0 Å². The summed E-state index contributed by atoms with van der Waals surface area (Å²) in [5.41, 5.74) is 6.18. The van der Waals surface area contributed by atoms with Crippen molar-refractivity contribution in [3.05, 3.63) is 29.6 Å². The molecule has 0 aliphatic rings. The predicted octanol–water partition coefficient (Wildman–Crippen LogP) is 2.33. The zero-order valence-corrected chi connectivity index (χ0v) is 9.39. The Morgan fingerprint density at radius 2 is 1.94 bits per heavy atom. The van der Waals surface area contributed by atoms with Crippen molar-refractivity contribution >= 4 is 5.69 Å². The van der Waals surface area contributed by atoms with E-state index < -0.39 is 18.5 Å². The first-order chi connectivity index (χ1) is 7.83. The number of nitrogens with zero attached hydrogens (tertiary/aromatic N) is 1. The molecule has 1 rings (SSSR count). The molecule has 0 heterocycles. The molecule has 0 spiro atoms. The minimum Gasteiger partial charge on any atom is -0.365 e. The second-order valence-corrected chi connectivity index (χ2v) is 3.78. The zero-order valence-electron chi connectivity index (χ0n) is 9.39. The van der Waals surface area contributed by atoms with Crippen LogP contribution in [-0.4, -0.2) is 26.3 Å². The molecule has 0 atom stereocenters. The van der Waals surface area contributed by atoms with Gasteiger partial charge in [0.05, 0.1) is 0 Å². The Kier molecular flexibility index (Phi) is 4.34. The molecule has 0 saturated carbocycles. The Hall–Kier alpha value is -1.30. The average Bonchev–Trinajstić information content (AvgIpc) is 2.15. The predicted molar refractivity (Wildman–Crippen MR) is 58.5 cm³/mol. The van der Waals surface area contributed by atoms with E-state index in [-0.39, 0.29) is 6.54 Å². The number of anilines is 1. The lowest BCUT2D eigenvalue weighted by Crippen LogP contribution is -2.31. The second kappa shape index (κ2) is 5.35. The highest BCUT2D eigenvalue weighted by atomic mass is 19.4. The van der Waals surface area contributed by atoms with Crippen molar-refractivity contribution < 1.29 is 17.6 Å². The maximum Gasteiger partial charge on any atom is 0.405 e. The number of hydrogen-bond acceptors (Lipinski definition) is 2. The van der Waals surface area contributed by atoms with E-state index in [1.165, 1.54) is 19.2 Å². The third-order valence-corrected chi connectivity index (χ3v) is 2.28. The highest BCUT2D eigenvalue weighted by Crippen LogP contribution is 2.25. The lowest BCUT2D eigenvalue weighted by molar-refractivity contribution is -0.119. The molecule has 6 heteroatoms. The number of alkyl halides is 3. The number of nitrogens with two attached hydrogens (primary N) is 1. The van der Waals surface area contributed by atoms with Crippen molar-refractivity contribution in [2.75, 3.05) is 25.0 Å². The molecule has 2 N–H and O–H groups in total. The molecule has 0 aromatic heterocycles. The van der Waals surface area contributed by atoms with E-state index in [0.717, 1.165) is 11.0 Å². The molecule has 0 radical (unpaired) electrons. The number of benzene rings is 1. The molecule has 1 aromatic carbocycles. The van der Waals surface area contributed by atoms with Gasteiger partial charge < -0.3 is 10.6 Å². The Balaban J connectivity index is 2.95. The van der Waals surface area contributed by atoms with Crippen molar-refractivity contribution in [2.45, 2.75) is 12.6 Å². The van der Waals surface area contributed by atoms with E-state index >= 15 is 0 Å². The van der Waals surface area contributed by atoms with E-state index in [9.17, 15) is 17.6 Å². The molecular weight excluding hydrogens is 236 g/mol. The van der Waals surface area contributed by atoms with Gasteiger partial charge in [0.2, 0.25) is 0 Å². The van der Waals surface area contributed by atoms with Gasteiger partial charge in [-0.3, -0.25) is 0 Å². The molecular formula is C11H14F4N2. The summed E-state index contributed by atoms with van der Waals surface area (Å²) >= 11 is 0. The fourth-order valence-electron chi connectivity index (χ4n) is 1.64. The summed E-state index contributed by atoms with van der Waals surface area (Å²) in [6.07, 6.45) is -3.95. The van der Waals surface area contributed by atoms with Crippen molar-refractivity contribution in [2.24, 2.45) is 5.73 Å². The summed E-state index contributed by atoms with van der Waals surface area (Å²) in [4.78, 5) is 1.05. The third-order valence-electron chi connectivity index (χ3n) is 2.28. The average molecular weight is 250 g/mol. The third kappa shape index (κ3) is 4.22. The van der Waals surface area contributed by atoms with Gasteiger partial charge in [0.1, 0.15) is 12.4 Å². The van der Waals surface area contributed by atoms with Gasteiger partial charge >= 0.3 is 6.18 Å². The van der Waals surface area contributed by atoms with Gasteiger partial charge in [-0.2, -0.15) is 13.2 Å². The lowest BCUT2D eigenvalue weighted by Gasteiger charge is -2.23. The molecule has 0 saturated heterocycles. The Morgan fingerprint density at radius 1 is 1.29 bits per heavy atom. The van der Waals surface area contributed by atoms with Gasteiger partial charge in [0, 0.05) is 12.7 Å². The highest BCUT2D eigenvalue weighted by molar-refractivity contribution is 5.53. The summed E-state index contributed by atoms with van der Waals surface area (Å²) in [6.45, 7) is -0.813. The summed E-state index contributed by atoms with van der Waals surface area (Å²) in [6, 6.07) is 3.70. The number of hydrogen-bond donors (Lipinski definition) is 1. The highest BCUT2D eigenvalue weighted by Gasteiger charge is 2.30. The van der Waals surface area contributed by atoms with Crippen molar-refractivity contribution in [1.82, 2.24) is 0 Å². The molecule has 96 valence electrons. The van der Waals surface area contributed by atoms with Crippen molar-refractivity contribution in [1.29, 1.82) is 0 Å².